The molecule has 2 fully saturated rings. The lowest BCUT2D eigenvalue weighted by molar-refractivity contribution is -0.142. The van der Waals surface area contributed by atoms with Crippen molar-refractivity contribution < 1.29 is 14.7 Å². The smallest absolute Gasteiger partial charge is 0.308 e. The third-order valence-corrected chi connectivity index (χ3v) is 5.31. The molecule has 7 heteroatoms. The second-order valence-electron chi connectivity index (χ2n) is 6.94. The highest BCUT2D eigenvalue weighted by Gasteiger charge is 2.46. The summed E-state index contributed by atoms with van der Waals surface area (Å²) in [7, 11) is 0. The Morgan fingerprint density at radius 1 is 1.20 bits per heavy atom. The molecule has 1 aliphatic carbocycles. The number of fused-ring (bicyclic) bond motifs is 1. The van der Waals surface area contributed by atoms with Gasteiger partial charge in [0.15, 0.2) is 0 Å². The molecule has 1 amide bonds. The number of carbonyl (C=O) groups is 2. The summed E-state index contributed by atoms with van der Waals surface area (Å²) in [4.78, 5) is 38.1. The van der Waals surface area contributed by atoms with Crippen LogP contribution in [0.2, 0.25) is 0 Å². The SMILES string of the molecule is O=C(O)[C@H]1CN(C(=O)Cn2ncc3ccccc3c2=O)C[C@@H]1C1CC1. The first-order valence-electron chi connectivity index (χ1n) is 8.50. The van der Waals surface area contributed by atoms with Gasteiger partial charge in [-0.3, -0.25) is 14.4 Å². The third-order valence-electron chi connectivity index (χ3n) is 5.31. The van der Waals surface area contributed by atoms with Crippen molar-refractivity contribution in [3.8, 4) is 0 Å². The van der Waals surface area contributed by atoms with Crippen LogP contribution in [0, 0.1) is 17.8 Å². The molecule has 2 atom stereocenters. The minimum atomic E-state index is -0.840. The zero-order valence-corrected chi connectivity index (χ0v) is 13.7. The van der Waals surface area contributed by atoms with Crippen LogP contribution in [0.5, 0.6) is 0 Å². The summed E-state index contributed by atoms with van der Waals surface area (Å²) in [6, 6.07) is 7.11. The van der Waals surface area contributed by atoms with Crippen molar-refractivity contribution >= 4 is 22.6 Å². The van der Waals surface area contributed by atoms with Crippen LogP contribution >= 0.6 is 0 Å². The molecule has 0 unspecified atom stereocenters. The highest BCUT2D eigenvalue weighted by Crippen LogP contribution is 2.44. The van der Waals surface area contributed by atoms with E-state index in [0.29, 0.717) is 17.8 Å². The molecule has 7 nitrogen and oxygen atoms in total. The van der Waals surface area contributed by atoms with Crippen LogP contribution in [-0.4, -0.2) is 44.8 Å². The molecule has 1 aromatic carbocycles. The van der Waals surface area contributed by atoms with Crippen molar-refractivity contribution in [3.63, 3.8) is 0 Å². The molecular weight excluding hydrogens is 322 g/mol. The van der Waals surface area contributed by atoms with Gasteiger partial charge in [-0.15, -0.1) is 0 Å². The normalized spacial score (nSPS) is 23.1. The molecule has 2 heterocycles. The van der Waals surface area contributed by atoms with E-state index in [1.54, 1.807) is 29.3 Å². The lowest BCUT2D eigenvalue weighted by Gasteiger charge is -2.16. The molecule has 0 spiro atoms. The Morgan fingerprint density at radius 3 is 2.68 bits per heavy atom. The number of rotatable bonds is 4. The topological polar surface area (TPSA) is 92.5 Å². The number of hydrogen-bond donors (Lipinski definition) is 1. The van der Waals surface area contributed by atoms with E-state index < -0.39 is 11.9 Å². The van der Waals surface area contributed by atoms with Crippen LogP contribution in [0.4, 0.5) is 0 Å². The predicted molar refractivity (Wildman–Crippen MR) is 89.9 cm³/mol. The summed E-state index contributed by atoms with van der Waals surface area (Å²) in [5.74, 6) is -1.15. The number of amides is 1. The molecule has 1 aromatic heterocycles. The van der Waals surface area contributed by atoms with Gasteiger partial charge in [-0.05, 0) is 30.7 Å². The summed E-state index contributed by atoms with van der Waals surface area (Å²) < 4.78 is 1.16. The second kappa shape index (κ2) is 5.98. The number of likely N-dealkylation sites (tertiary alicyclic amines) is 1. The Bertz CT molecular complexity index is 903. The maximum Gasteiger partial charge on any atom is 0.308 e. The Kier molecular flexibility index (Phi) is 3.78. The monoisotopic (exact) mass is 341 g/mol. The van der Waals surface area contributed by atoms with Crippen molar-refractivity contribution in [2.75, 3.05) is 13.1 Å². The van der Waals surface area contributed by atoms with Gasteiger partial charge in [-0.1, -0.05) is 18.2 Å². The first-order valence-corrected chi connectivity index (χ1v) is 8.50. The summed E-state index contributed by atoms with van der Waals surface area (Å²) in [6.45, 7) is 0.522. The molecule has 1 aliphatic heterocycles. The summed E-state index contributed by atoms with van der Waals surface area (Å²) >= 11 is 0. The average Bonchev–Trinajstić information content (AvgIpc) is 3.35. The molecule has 1 saturated heterocycles. The number of aromatic nitrogens is 2. The zero-order valence-electron chi connectivity index (χ0n) is 13.7. The Hall–Kier alpha value is -2.70. The third kappa shape index (κ3) is 2.90. The summed E-state index contributed by atoms with van der Waals surface area (Å²) in [6.07, 6.45) is 3.66. The number of carbonyl (C=O) groups excluding carboxylic acids is 1. The van der Waals surface area contributed by atoms with E-state index >= 15 is 0 Å². The van der Waals surface area contributed by atoms with Gasteiger partial charge in [0.1, 0.15) is 6.54 Å². The highest BCUT2D eigenvalue weighted by atomic mass is 16.4. The quantitative estimate of drug-likeness (QED) is 0.894. The summed E-state index contributed by atoms with van der Waals surface area (Å²) in [5.41, 5.74) is -0.306. The number of carboxylic acid groups (broad SMARTS) is 1. The maximum atomic E-state index is 12.6. The fourth-order valence-electron chi connectivity index (χ4n) is 3.76. The van der Waals surface area contributed by atoms with Crippen molar-refractivity contribution in [2.45, 2.75) is 19.4 Å². The molecular formula is C18H19N3O4. The molecule has 2 aliphatic rings. The lowest BCUT2D eigenvalue weighted by Crippen LogP contribution is -2.36. The minimum Gasteiger partial charge on any atom is -0.481 e. The fraction of sp³-hybridized carbons (Fsp3) is 0.444. The van der Waals surface area contributed by atoms with Crippen LogP contribution in [0.1, 0.15) is 12.8 Å². The number of aliphatic carboxylic acids is 1. The van der Waals surface area contributed by atoms with Gasteiger partial charge in [-0.2, -0.15) is 5.10 Å². The number of carboxylic acids is 1. The first kappa shape index (κ1) is 15.8. The maximum absolute atomic E-state index is 12.6. The van der Waals surface area contributed by atoms with E-state index in [-0.39, 0.29) is 30.5 Å². The number of hydrogen-bond acceptors (Lipinski definition) is 4. The van der Waals surface area contributed by atoms with E-state index in [0.717, 1.165) is 22.9 Å². The first-order chi connectivity index (χ1) is 12.0. The molecule has 2 aromatic rings. The van der Waals surface area contributed by atoms with Gasteiger partial charge in [0, 0.05) is 18.5 Å². The van der Waals surface area contributed by atoms with Crippen LogP contribution in [-0.2, 0) is 16.1 Å². The average molecular weight is 341 g/mol. The highest BCUT2D eigenvalue weighted by molar-refractivity contribution is 5.81. The van der Waals surface area contributed by atoms with Crippen molar-refractivity contribution in [1.82, 2.24) is 14.7 Å². The number of nitrogens with zero attached hydrogens (tertiary/aromatic N) is 3. The van der Waals surface area contributed by atoms with E-state index in [1.165, 1.54) is 0 Å². The van der Waals surface area contributed by atoms with Crippen LogP contribution in [0.15, 0.2) is 35.3 Å². The molecule has 25 heavy (non-hydrogen) atoms. The van der Waals surface area contributed by atoms with Crippen molar-refractivity contribution in [2.24, 2.45) is 17.8 Å². The summed E-state index contributed by atoms with van der Waals surface area (Å²) in [5, 5.41) is 14.7. The van der Waals surface area contributed by atoms with Gasteiger partial charge in [0.25, 0.3) is 5.56 Å². The lowest BCUT2D eigenvalue weighted by atomic mass is 9.92. The molecule has 1 N–H and O–H groups in total. The Balaban J connectivity index is 1.53. The molecule has 1 saturated carbocycles. The van der Waals surface area contributed by atoms with Crippen LogP contribution in [0.3, 0.4) is 0 Å². The van der Waals surface area contributed by atoms with Crippen LogP contribution < -0.4 is 5.56 Å². The van der Waals surface area contributed by atoms with Gasteiger partial charge in [-0.25, -0.2) is 4.68 Å². The van der Waals surface area contributed by atoms with Gasteiger partial charge in [0.05, 0.1) is 17.5 Å². The van der Waals surface area contributed by atoms with Gasteiger partial charge in [0.2, 0.25) is 5.91 Å². The van der Waals surface area contributed by atoms with Gasteiger partial charge >= 0.3 is 5.97 Å². The zero-order chi connectivity index (χ0) is 17.6. The van der Waals surface area contributed by atoms with Crippen LogP contribution in [0.25, 0.3) is 10.8 Å². The van der Waals surface area contributed by atoms with E-state index in [1.807, 2.05) is 6.07 Å². The second-order valence-corrected chi connectivity index (χ2v) is 6.94. The van der Waals surface area contributed by atoms with Crippen molar-refractivity contribution in [3.05, 3.63) is 40.8 Å². The van der Waals surface area contributed by atoms with E-state index in [4.69, 9.17) is 0 Å². The van der Waals surface area contributed by atoms with E-state index in [9.17, 15) is 19.5 Å². The Labute approximate surface area is 143 Å². The number of benzene rings is 1. The molecule has 4 rings (SSSR count). The molecule has 0 radical (unpaired) electrons. The molecule has 130 valence electrons. The van der Waals surface area contributed by atoms with Crippen molar-refractivity contribution in [1.29, 1.82) is 0 Å². The molecule has 0 bridgehead atoms. The standard InChI is InChI=1S/C18H19N3O4/c22-16(20-8-14(11-5-6-11)15(9-20)18(24)25)10-21-17(23)13-4-2-1-3-12(13)7-19-21/h1-4,7,11,14-15H,5-6,8-10H2,(H,24,25)/t14-,15+/m1/s1. The largest absolute Gasteiger partial charge is 0.481 e. The van der Waals surface area contributed by atoms with Gasteiger partial charge < -0.3 is 10.0 Å². The minimum absolute atomic E-state index is 0.0303. The fourth-order valence-corrected chi connectivity index (χ4v) is 3.76. The Morgan fingerprint density at radius 2 is 1.96 bits per heavy atom. The van der Waals surface area contributed by atoms with E-state index in [2.05, 4.69) is 5.10 Å². The predicted octanol–water partition coefficient (Wildman–Crippen LogP) is 0.966.